The molecule has 0 spiro atoms. The highest BCUT2D eigenvalue weighted by molar-refractivity contribution is 7.19. The fraction of sp³-hybridized carbons (Fsp3) is 0.167. The van der Waals surface area contributed by atoms with Crippen molar-refractivity contribution in [1.82, 2.24) is 0 Å². The second-order valence-electron chi connectivity index (χ2n) is 5.15. The molecular formula is C18H16O3S. The van der Waals surface area contributed by atoms with E-state index >= 15 is 0 Å². The highest BCUT2D eigenvalue weighted by atomic mass is 32.1. The number of thiophene rings is 1. The molecule has 0 saturated heterocycles. The van der Waals surface area contributed by atoms with Crippen LogP contribution in [0.2, 0.25) is 0 Å². The van der Waals surface area contributed by atoms with Gasteiger partial charge in [0.15, 0.2) is 0 Å². The largest absolute Gasteiger partial charge is 0.465 e. The molecule has 0 aliphatic carbocycles. The summed E-state index contributed by atoms with van der Waals surface area (Å²) >= 11 is 1.63. The molecule has 0 amide bonds. The maximum absolute atomic E-state index is 11.8. The molecule has 3 nitrogen and oxygen atoms in total. The van der Waals surface area contributed by atoms with E-state index in [1.54, 1.807) is 17.4 Å². The standard InChI is InChI=1S/C18H16O3S/c1-11-4-6-14(7-5-11)21-16-9-13(18(19)20-3)10-17-15(16)8-12(2)22-17/h4-10H,1-3H3. The topological polar surface area (TPSA) is 35.5 Å². The van der Waals surface area contributed by atoms with E-state index in [-0.39, 0.29) is 5.97 Å². The smallest absolute Gasteiger partial charge is 0.338 e. The fourth-order valence-corrected chi connectivity index (χ4v) is 3.27. The predicted octanol–water partition coefficient (Wildman–Crippen LogP) is 5.10. The van der Waals surface area contributed by atoms with Gasteiger partial charge in [-0.2, -0.15) is 0 Å². The Bertz CT molecular complexity index is 831. The zero-order valence-electron chi connectivity index (χ0n) is 12.7. The first-order chi connectivity index (χ1) is 10.6. The summed E-state index contributed by atoms with van der Waals surface area (Å²) in [6.45, 7) is 4.07. The number of esters is 1. The molecule has 1 heterocycles. The van der Waals surface area contributed by atoms with Crippen LogP contribution in [0.3, 0.4) is 0 Å². The van der Waals surface area contributed by atoms with Crippen LogP contribution in [0, 0.1) is 13.8 Å². The van der Waals surface area contributed by atoms with E-state index in [0.717, 1.165) is 15.8 Å². The van der Waals surface area contributed by atoms with Crippen LogP contribution in [0.4, 0.5) is 0 Å². The molecule has 3 rings (SSSR count). The number of fused-ring (bicyclic) bond motifs is 1. The number of aryl methyl sites for hydroxylation is 2. The van der Waals surface area contributed by atoms with Gasteiger partial charge in [0.05, 0.1) is 12.7 Å². The van der Waals surface area contributed by atoms with E-state index in [1.807, 2.05) is 44.2 Å². The number of rotatable bonds is 3. The molecule has 0 fully saturated rings. The maximum Gasteiger partial charge on any atom is 0.338 e. The summed E-state index contributed by atoms with van der Waals surface area (Å²) in [5.41, 5.74) is 1.67. The molecule has 0 atom stereocenters. The summed E-state index contributed by atoms with van der Waals surface area (Å²) in [5, 5.41) is 1.01. The molecular weight excluding hydrogens is 296 g/mol. The van der Waals surface area contributed by atoms with Crippen LogP contribution in [0.1, 0.15) is 20.8 Å². The zero-order chi connectivity index (χ0) is 15.7. The predicted molar refractivity (Wildman–Crippen MR) is 89.2 cm³/mol. The van der Waals surface area contributed by atoms with E-state index in [1.165, 1.54) is 17.6 Å². The van der Waals surface area contributed by atoms with Gasteiger partial charge in [-0.25, -0.2) is 4.79 Å². The normalized spacial score (nSPS) is 10.7. The highest BCUT2D eigenvalue weighted by Crippen LogP contribution is 2.36. The molecule has 2 aromatic carbocycles. The summed E-state index contributed by atoms with van der Waals surface area (Å²) in [5.74, 6) is 1.06. The number of methoxy groups -OCH3 is 1. The van der Waals surface area contributed by atoms with E-state index in [2.05, 4.69) is 6.07 Å². The van der Waals surface area contributed by atoms with Crippen molar-refractivity contribution < 1.29 is 14.3 Å². The molecule has 1 aromatic heterocycles. The second-order valence-corrected chi connectivity index (χ2v) is 6.44. The number of carbonyl (C=O) groups is 1. The average Bonchev–Trinajstić information content (AvgIpc) is 2.89. The van der Waals surface area contributed by atoms with Crippen LogP contribution in [0.5, 0.6) is 11.5 Å². The van der Waals surface area contributed by atoms with Gasteiger partial charge in [0.2, 0.25) is 0 Å². The SMILES string of the molecule is COC(=O)c1cc(Oc2ccc(C)cc2)c2cc(C)sc2c1. The summed E-state index contributed by atoms with van der Waals surface area (Å²) in [6.07, 6.45) is 0. The van der Waals surface area contributed by atoms with Gasteiger partial charge in [0, 0.05) is 15.0 Å². The van der Waals surface area contributed by atoms with Crippen molar-refractivity contribution in [3.8, 4) is 11.5 Å². The summed E-state index contributed by atoms with van der Waals surface area (Å²) in [6, 6.07) is 13.5. The van der Waals surface area contributed by atoms with Crippen molar-refractivity contribution in [2.45, 2.75) is 13.8 Å². The Morgan fingerprint density at radius 2 is 1.77 bits per heavy atom. The van der Waals surface area contributed by atoms with E-state index in [0.29, 0.717) is 11.3 Å². The lowest BCUT2D eigenvalue weighted by Crippen LogP contribution is -2.01. The first-order valence-corrected chi connectivity index (χ1v) is 7.75. The molecule has 4 heteroatoms. The van der Waals surface area contributed by atoms with Crippen LogP contribution in [0.25, 0.3) is 10.1 Å². The van der Waals surface area contributed by atoms with Crippen molar-refractivity contribution in [2.75, 3.05) is 7.11 Å². The van der Waals surface area contributed by atoms with E-state index < -0.39 is 0 Å². The Kier molecular flexibility index (Phi) is 3.86. The van der Waals surface area contributed by atoms with Crippen LogP contribution < -0.4 is 4.74 Å². The van der Waals surface area contributed by atoms with Crippen LogP contribution in [-0.2, 0) is 4.74 Å². The molecule has 0 saturated carbocycles. The second kappa shape index (κ2) is 5.81. The Labute approximate surface area is 133 Å². The molecule has 0 aliphatic heterocycles. The minimum atomic E-state index is -0.360. The fourth-order valence-electron chi connectivity index (χ4n) is 2.29. The van der Waals surface area contributed by atoms with Crippen LogP contribution >= 0.6 is 11.3 Å². The van der Waals surface area contributed by atoms with Crippen molar-refractivity contribution in [2.24, 2.45) is 0 Å². The van der Waals surface area contributed by atoms with E-state index in [9.17, 15) is 4.79 Å². The van der Waals surface area contributed by atoms with Crippen LogP contribution in [-0.4, -0.2) is 13.1 Å². The van der Waals surface area contributed by atoms with E-state index in [4.69, 9.17) is 9.47 Å². The van der Waals surface area contributed by atoms with Crippen molar-refractivity contribution >= 4 is 27.4 Å². The minimum absolute atomic E-state index is 0.360. The van der Waals surface area contributed by atoms with Crippen molar-refractivity contribution in [1.29, 1.82) is 0 Å². The third-order valence-electron chi connectivity index (χ3n) is 3.39. The van der Waals surface area contributed by atoms with Gasteiger partial charge < -0.3 is 9.47 Å². The third-order valence-corrected chi connectivity index (χ3v) is 4.39. The number of ether oxygens (including phenoxy) is 2. The Morgan fingerprint density at radius 1 is 1.05 bits per heavy atom. The van der Waals surface area contributed by atoms with Gasteiger partial charge in [-0.3, -0.25) is 0 Å². The van der Waals surface area contributed by atoms with Gasteiger partial charge in [0.25, 0.3) is 0 Å². The van der Waals surface area contributed by atoms with Gasteiger partial charge in [-0.1, -0.05) is 17.7 Å². The molecule has 0 radical (unpaired) electrons. The van der Waals surface area contributed by atoms with Gasteiger partial charge in [-0.15, -0.1) is 11.3 Å². The van der Waals surface area contributed by atoms with Gasteiger partial charge >= 0.3 is 5.97 Å². The lowest BCUT2D eigenvalue weighted by molar-refractivity contribution is 0.0600. The molecule has 3 aromatic rings. The Morgan fingerprint density at radius 3 is 2.45 bits per heavy atom. The number of benzene rings is 2. The summed E-state index contributed by atoms with van der Waals surface area (Å²) < 4.78 is 11.8. The number of hydrogen-bond donors (Lipinski definition) is 0. The highest BCUT2D eigenvalue weighted by Gasteiger charge is 2.14. The Hall–Kier alpha value is -2.33. The van der Waals surface area contributed by atoms with Crippen molar-refractivity contribution in [3.05, 3.63) is 58.5 Å². The molecule has 112 valence electrons. The maximum atomic E-state index is 11.8. The zero-order valence-corrected chi connectivity index (χ0v) is 13.5. The summed E-state index contributed by atoms with van der Waals surface area (Å²) in [7, 11) is 1.38. The monoisotopic (exact) mass is 312 g/mol. The first kappa shape index (κ1) is 14.6. The number of hydrogen-bond acceptors (Lipinski definition) is 4. The van der Waals surface area contributed by atoms with Crippen molar-refractivity contribution in [3.63, 3.8) is 0 Å². The summed E-state index contributed by atoms with van der Waals surface area (Å²) in [4.78, 5) is 13.0. The molecule has 0 unspecified atom stereocenters. The lowest BCUT2D eigenvalue weighted by atomic mass is 10.1. The minimum Gasteiger partial charge on any atom is -0.465 e. The number of carbonyl (C=O) groups excluding carboxylic acids is 1. The average molecular weight is 312 g/mol. The lowest BCUT2D eigenvalue weighted by Gasteiger charge is -2.09. The van der Waals surface area contributed by atoms with Gasteiger partial charge in [-0.05, 0) is 44.2 Å². The Balaban J connectivity index is 2.09. The van der Waals surface area contributed by atoms with Gasteiger partial charge in [0.1, 0.15) is 11.5 Å². The molecule has 0 aliphatic rings. The first-order valence-electron chi connectivity index (χ1n) is 6.94. The molecule has 0 bridgehead atoms. The molecule has 22 heavy (non-hydrogen) atoms. The third kappa shape index (κ3) is 2.83. The van der Waals surface area contributed by atoms with Crippen LogP contribution in [0.15, 0.2) is 42.5 Å². The molecule has 0 N–H and O–H groups in total. The quantitative estimate of drug-likeness (QED) is 0.631.